The summed E-state index contributed by atoms with van der Waals surface area (Å²) in [6, 6.07) is 0. The van der Waals surface area contributed by atoms with Crippen LogP contribution in [0.5, 0.6) is 0 Å². The first-order valence-electron chi connectivity index (χ1n) is 32.2. The summed E-state index contributed by atoms with van der Waals surface area (Å²) in [5, 5.41) is 0. The minimum atomic E-state index is -0.828. The Morgan fingerprint density at radius 1 is 0.269 bits per heavy atom. The zero-order chi connectivity index (χ0) is 56.4. The van der Waals surface area contributed by atoms with E-state index < -0.39 is 12.1 Å². The molecule has 6 heteroatoms. The van der Waals surface area contributed by atoms with E-state index in [4.69, 9.17) is 14.2 Å². The molecule has 0 fully saturated rings. The van der Waals surface area contributed by atoms with Gasteiger partial charge in [-0.05, 0) is 122 Å². The summed E-state index contributed by atoms with van der Waals surface area (Å²) in [6.45, 7) is 6.36. The van der Waals surface area contributed by atoms with Gasteiger partial charge in [0.15, 0.2) is 6.10 Å². The molecule has 0 aliphatic carbocycles. The van der Waals surface area contributed by atoms with Crippen LogP contribution in [0.2, 0.25) is 0 Å². The fourth-order valence-corrected chi connectivity index (χ4v) is 8.63. The van der Waals surface area contributed by atoms with Crippen molar-refractivity contribution in [1.82, 2.24) is 0 Å². The van der Waals surface area contributed by atoms with E-state index >= 15 is 0 Å². The summed E-state index contributed by atoms with van der Waals surface area (Å²) in [4.78, 5) is 38.3. The summed E-state index contributed by atoms with van der Waals surface area (Å²) >= 11 is 0. The average molecular weight is 1080 g/mol. The predicted octanol–water partition coefficient (Wildman–Crippen LogP) is 22.2. The summed E-state index contributed by atoms with van der Waals surface area (Å²) in [6.07, 6.45) is 91.8. The Balaban J connectivity index is 4.49. The fourth-order valence-electron chi connectivity index (χ4n) is 8.63. The molecule has 0 spiro atoms. The van der Waals surface area contributed by atoms with Crippen LogP contribution >= 0.6 is 0 Å². The molecule has 0 aromatic rings. The minimum absolute atomic E-state index is 0.115. The number of ether oxygens (including phenoxy) is 3. The lowest BCUT2D eigenvalue weighted by Crippen LogP contribution is -2.30. The molecule has 0 heterocycles. The monoisotopic (exact) mass is 1080 g/mol. The van der Waals surface area contributed by atoms with Gasteiger partial charge < -0.3 is 14.2 Å². The molecular formula is C72H118O6. The van der Waals surface area contributed by atoms with E-state index in [-0.39, 0.29) is 31.6 Å². The van der Waals surface area contributed by atoms with Crippen LogP contribution in [0.15, 0.2) is 134 Å². The number of unbranched alkanes of at least 4 members (excludes halogenated alkanes) is 24. The van der Waals surface area contributed by atoms with Crippen molar-refractivity contribution in [2.75, 3.05) is 13.2 Å². The van der Waals surface area contributed by atoms with Crippen LogP contribution in [0.1, 0.15) is 284 Å². The number of hydrogen-bond acceptors (Lipinski definition) is 6. The molecule has 78 heavy (non-hydrogen) atoms. The van der Waals surface area contributed by atoms with E-state index in [1.54, 1.807) is 0 Å². The van der Waals surface area contributed by atoms with Gasteiger partial charge in [-0.3, -0.25) is 14.4 Å². The Kier molecular flexibility index (Phi) is 61.4. The first-order chi connectivity index (χ1) is 38.5. The molecule has 0 saturated heterocycles. The lowest BCUT2D eigenvalue weighted by molar-refractivity contribution is -0.166. The third-order valence-corrected chi connectivity index (χ3v) is 13.4. The largest absolute Gasteiger partial charge is 0.462 e. The lowest BCUT2D eigenvalue weighted by atomic mass is 10.1. The maximum atomic E-state index is 12.9. The van der Waals surface area contributed by atoms with Gasteiger partial charge >= 0.3 is 17.9 Å². The SMILES string of the molecule is CC/C=C\C/C=C\C/C=C\C/C=C\C/C=C\C/C=C\CCC(=O)OC(COC(=O)CCCCCCCCC/C=C\CCCCCCCCC)COC(=O)CCCCCCCCCCCC/C=C\C/C=C\C/C=C\C/C=C\CC. The number of esters is 3. The van der Waals surface area contributed by atoms with Gasteiger partial charge in [-0.15, -0.1) is 0 Å². The molecule has 0 rings (SSSR count). The fraction of sp³-hybridized carbons (Fsp3) is 0.653. The first-order valence-corrected chi connectivity index (χ1v) is 32.2. The van der Waals surface area contributed by atoms with E-state index in [0.29, 0.717) is 19.3 Å². The lowest BCUT2D eigenvalue weighted by Gasteiger charge is -2.18. The molecule has 0 aliphatic heterocycles. The molecule has 0 aliphatic rings. The first kappa shape index (κ1) is 73.5. The van der Waals surface area contributed by atoms with Gasteiger partial charge in [0.05, 0.1) is 0 Å². The predicted molar refractivity (Wildman–Crippen MR) is 339 cm³/mol. The molecule has 0 aromatic carbocycles. The van der Waals surface area contributed by atoms with Gasteiger partial charge in [-0.2, -0.15) is 0 Å². The Labute approximate surface area is 481 Å². The highest BCUT2D eigenvalue weighted by Gasteiger charge is 2.19. The van der Waals surface area contributed by atoms with Crippen LogP contribution in [0, 0.1) is 0 Å². The highest BCUT2D eigenvalue weighted by atomic mass is 16.6. The minimum Gasteiger partial charge on any atom is -0.462 e. The van der Waals surface area contributed by atoms with E-state index in [0.717, 1.165) is 103 Å². The van der Waals surface area contributed by atoms with E-state index in [2.05, 4.69) is 148 Å². The molecule has 1 atom stereocenters. The number of carbonyl (C=O) groups is 3. The molecule has 0 saturated carbocycles. The maximum Gasteiger partial charge on any atom is 0.306 e. The van der Waals surface area contributed by atoms with Crippen molar-refractivity contribution >= 4 is 17.9 Å². The van der Waals surface area contributed by atoms with E-state index in [9.17, 15) is 14.4 Å². The van der Waals surface area contributed by atoms with Crippen molar-refractivity contribution in [3.8, 4) is 0 Å². The highest BCUT2D eigenvalue weighted by molar-refractivity contribution is 5.71. The molecule has 0 bridgehead atoms. The molecular weight excluding hydrogens is 961 g/mol. The molecule has 0 N–H and O–H groups in total. The number of allylic oxidation sites excluding steroid dienone is 22. The van der Waals surface area contributed by atoms with Crippen molar-refractivity contribution in [3.05, 3.63) is 134 Å². The van der Waals surface area contributed by atoms with Gasteiger partial charge in [-0.1, -0.05) is 276 Å². The Morgan fingerprint density at radius 2 is 0.526 bits per heavy atom. The van der Waals surface area contributed by atoms with Crippen LogP contribution in [-0.4, -0.2) is 37.2 Å². The average Bonchev–Trinajstić information content (AvgIpc) is 3.44. The van der Waals surface area contributed by atoms with Crippen molar-refractivity contribution in [3.63, 3.8) is 0 Å². The summed E-state index contributed by atoms with van der Waals surface area (Å²) in [7, 11) is 0. The maximum absolute atomic E-state index is 12.9. The normalized spacial score (nSPS) is 13.0. The quantitative estimate of drug-likeness (QED) is 0.0261. The number of hydrogen-bond donors (Lipinski definition) is 0. The van der Waals surface area contributed by atoms with Crippen LogP contribution in [0.4, 0.5) is 0 Å². The smallest absolute Gasteiger partial charge is 0.306 e. The third kappa shape index (κ3) is 62.4. The second kappa shape index (κ2) is 65.1. The molecule has 442 valence electrons. The Bertz CT molecular complexity index is 1670. The second-order valence-electron chi connectivity index (χ2n) is 20.9. The van der Waals surface area contributed by atoms with Crippen molar-refractivity contribution < 1.29 is 28.6 Å². The summed E-state index contributed by atoms with van der Waals surface area (Å²) in [5.41, 5.74) is 0. The molecule has 1 unspecified atom stereocenters. The van der Waals surface area contributed by atoms with Crippen LogP contribution in [-0.2, 0) is 28.6 Å². The molecule has 0 aromatic heterocycles. The standard InChI is InChI=1S/C72H118O6/c1-4-7-10-13-16-19-22-25-28-31-34-35-36-37-39-41-44-47-50-53-56-59-62-65-71(74)77-68-69(67-76-70(73)64-61-58-55-52-49-46-43-40-33-30-27-24-21-18-15-12-9-6-3)78-72(75)66-63-60-57-54-51-48-45-42-38-32-29-26-23-20-17-14-11-8-5-2/h7-8,10-11,16-17,19-20,25-26,28-30,33-35,38,42,48,51,57,60,69H,4-6,9,12-15,18,21-24,27,31-32,36-37,39-41,43-47,49-50,52-56,58-59,61-68H2,1-3H3/b10-7-,11-8-,19-16-,20-17-,28-25-,29-26-,33-30-,35-34-,42-38-,51-48-,60-57-. The van der Waals surface area contributed by atoms with Crippen molar-refractivity contribution in [2.24, 2.45) is 0 Å². The zero-order valence-electron chi connectivity index (χ0n) is 50.6. The van der Waals surface area contributed by atoms with Gasteiger partial charge in [0.1, 0.15) is 13.2 Å². The van der Waals surface area contributed by atoms with Crippen LogP contribution in [0.3, 0.4) is 0 Å². The number of carbonyl (C=O) groups excluding carboxylic acids is 3. The van der Waals surface area contributed by atoms with Gasteiger partial charge in [0.25, 0.3) is 0 Å². The van der Waals surface area contributed by atoms with E-state index in [1.807, 2.05) is 6.08 Å². The summed E-state index contributed by atoms with van der Waals surface area (Å²) < 4.78 is 16.9. The van der Waals surface area contributed by atoms with Gasteiger partial charge in [-0.25, -0.2) is 0 Å². The Hall–Kier alpha value is -4.45. The van der Waals surface area contributed by atoms with Crippen LogP contribution < -0.4 is 0 Å². The Morgan fingerprint density at radius 3 is 0.846 bits per heavy atom. The van der Waals surface area contributed by atoms with Gasteiger partial charge in [0.2, 0.25) is 0 Å². The number of rotatable bonds is 57. The second-order valence-corrected chi connectivity index (χ2v) is 20.9. The third-order valence-electron chi connectivity index (χ3n) is 13.4. The van der Waals surface area contributed by atoms with Gasteiger partial charge in [0, 0.05) is 19.3 Å². The van der Waals surface area contributed by atoms with Crippen LogP contribution in [0.25, 0.3) is 0 Å². The van der Waals surface area contributed by atoms with Crippen molar-refractivity contribution in [1.29, 1.82) is 0 Å². The topological polar surface area (TPSA) is 78.9 Å². The highest BCUT2D eigenvalue weighted by Crippen LogP contribution is 2.15. The summed E-state index contributed by atoms with van der Waals surface area (Å²) in [5.74, 6) is -1.00. The molecule has 0 amide bonds. The van der Waals surface area contributed by atoms with Crippen molar-refractivity contribution in [2.45, 2.75) is 290 Å². The zero-order valence-corrected chi connectivity index (χ0v) is 50.6. The molecule has 0 radical (unpaired) electrons. The van der Waals surface area contributed by atoms with E-state index in [1.165, 1.54) is 135 Å². The molecule has 6 nitrogen and oxygen atoms in total.